The minimum atomic E-state index is 0.591. The van der Waals surface area contributed by atoms with Crippen LogP contribution >= 0.6 is 11.3 Å². The number of nitriles is 1. The van der Waals surface area contributed by atoms with E-state index in [-0.39, 0.29) is 0 Å². The molecule has 3 nitrogen and oxygen atoms in total. The molecule has 4 rings (SSSR count). The van der Waals surface area contributed by atoms with Gasteiger partial charge in [-0.2, -0.15) is 5.26 Å². The number of pyridine rings is 2. The van der Waals surface area contributed by atoms with Crippen molar-refractivity contribution in [2.24, 2.45) is 0 Å². The zero-order valence-electron chi connectivity index (χ0n) is 13.3. The molecule has 3 heterocycles. The van der Waals surface area contributed by atoms with Gasteiger partial charge < -0.3 is 0 Å². The average Bonchev–Trinajstić information content (AvgIpc) is 3.23. The Morgan fingerprint density at radius 1 is 0.880 bits per heavy atom. The number of aromatic nitrogens is 2. The second-order valence-electron chi connectivity index (χ2n) is 5.45. The quantitative estimate of drug-likeness (QED) is 0.501. The first-order valence-corrected chi connectivity index (χ1v) is 8.70. The third-order valence-corrected chi connectivity index (χ3v) is 4.80. The van der Waals surface area contributed by atoms with Crippen LogP contribution in [0.15, 0.2) is 78.3 Å². The third-order valence-electron chi connectivity index (χ3n) is 3.89. The molecule has 4 aromatic rings. The molecule has 0 aliphatic rings. The summed E-state index contributed by atoms with van der Waals surface area (Å²) in [4.78, 5) is 10.2. The molecule has 0 amide bonds. The van der Waals surface area contributed by atoms with Crippen LogP contribution in [0.5, 0.6) is 0 Å². The monoisotopic (exact) mass is 339 g/mol. The molecule has 25 heavy (non-hydrogen) atoms. The first-order valence-electron chi connectivity index (χ1n) is 7.82. The van der Waals surface area contributed by atoms with E-state index in [2.05, 4.69) is 11.1 Å². The minimum absolute atomic E-state index is 0.591. The van der Waals surface area contributed by atoms with Crippen molar-refractivity contribution in [2.75, 3.05) is 0 Å². The molecule has 0 fully saturated rings. The lowest BCUT2D eigenvalue weighted by atomic mass is 9.99. The predicted octanol–water partition coefficient (Wildman–Crippen LogP) is 5.41. The third kappa shape index (κ3) is 2.93. The molecule has 4 heteroatoms. The van der Waals surface area contributed by atoms with Crippen LogP contribution < -0.4 is 0 Å². The standard InChI is InChI=1S/C21H13N3S/c22-14-17-16(20-10-6-12-25-20)13-19(18-9-4-5-11-23-18)24-21(17)15-7-2-1-3-8-15/h1-13H. The van der Waals surface area contributed by atoms with Crippen LogP contribution in [0.3, 0.4) is 0 Å². The van der Waals surface area contributed by atoms with Crippen molar-refractivity contribution in [3.8, 4) is 39.2 Å². The van der Waals surface area contributed by atoms with E-state index >= 15 is 0 Å². The van der Waals surface area contributed by atoms with E-state index < -0.39 is 0 Å². The van der Waals surface area contributed by atoms with Crippen LogP contribution in [0.1, 0.15) is 5.56 Å². The SMILES string of the molecule is N#Cc1c(-c2cccs2)cc(-c2ccccn2)nc1-c1ccccc1. The van der Waals surface area contributed by atoms with Crippen LogP contribution in [-0.4, -0.2) is 9.97 Å². The first kappa shape index (κ1) is 15.3. The lowest BCUT2D eigenvalue weighted by Crippen LogP contribution is -1.97. The highest BCUT2D eigenvalue weighted by atomic mass is 32.1. The molecule has 0 bridgehead atoms. The summed E-state index contributed by atoms with van der Waals surface area (Å²) in [6.45, 7) is 0. The largest absolute Gasteiger partial charge is 0.255 e. The van der Waals surface area contributed by atoms with Crippen molar-refractivity contribution < 1.29 is 0 Å². The Balaban J connectivity index is 2.03. The molecule has 3 aromatic heterocycles. The second-order valence-corrected chi connectivity index (χ2v) is 6.40. The van der Waals surface area contributed by atoms with Crippen molar-refractivity contribution in [1.29, 1.82) is 5.26 Å². The fourth-order valence-corrected chi connectivity index (χ4v) is 3.48. The van der Waals surface area contributed by atoms with E-state index in [9.17, 15) is 5.26 Å². The maximum absolute atomic E-state index is 9.82. The maximum atomic E-state index is 9.82. The van der Waals surface area contributed by atoms with E-state index in [1.165, 1.54) is 0 Å². The van der Waals surface area contributed by atoms with E-state index in [0.29, 0.717) is 11.3 Å². The number of hydrogen-bond acceptors (Lipinski definition) is 4. The van der Waals surface area contributed by atoms with Crippen LogP contribution in [0.2, 0.25) is 0 Å². The van der Waals surface area contributed by atoms with Crippen molar-refractivity contribution in [1.82, 2.24) is 9.97 Å². The van der Waals surface area contributed by atoms with E-state index in [4.69, 9.17) is 4.98 Å². The van der Waals surface area contributed by atoms with E-state index in [1.54, 1.807) is 17.5 Å². The molecule has 0 spiro atoms. The van der Waals surface area contributed by atoms with Crippen LogP contribution in [0, 0.1) is 11.3 Å². The summed E-state index contributed by atoms with van der Waals surface area (Å²) in [6.07, 6.45) is 1.75. The zero-order chi connectivity index (χ0) is 17.1. The summed E-state index contributed by atoms with van der Waals surface area (Å²) in [7, 11) is 0. The Kier molecular flexibility index (Phi) is 4.07. The van der Waals surface area contributed by atoms with Gasteiger partial charge in [-0.1, -0.05) is 42.5 Å². The molecule has 0 aliphatic carbocycles. The van der Waals surface area contributed by atoms with Gasteiger partial charge >= 0.3 is 0 Å². The van der Waals surface area contributed by atoms with Gasteiger partial charge in [0.25, 0.3) is 0 Å². The molecule has 118 valence electrons. The van der Waals surface area contributed by atoms with Gasteiger partial charge in [0, 0.05) is 22.2 Å². The zero-order valence-corrected chi connectivity index (χ0v) is 14.1. The molecular formula is C21H13N3S. The van der Waals surface area contributed by atoms with Crippen LogP contribution in [0.4, 0.5) is 0 Å². The molecule has 0 atom stereocenters. The molecule has 0 unspecified atom stereocenters. The predicted molar refractivity (Wildman–Crippen MR) is 101 cm³/mol. The van der Waals surface area contributed by atoms with Crippen molar-refractivity contribution in [2.45, 2.75) is 0 Å². The van der Waals surface area contributed by atoms with Gasteiger partial charge in [-0.05, 0) is 29.6 Å². The van der Waals surface area contributed by atoms with Gasteiger partial charge in [0.05, 0.1) is 22.6 Å². The molecular weight excluding hydrogens is 326 g/mol. The molecule has 1 aromatic carbocycles. The number of rotatable bonds is 3. The number of nitrogens with zero attached hydrogens (tertiary/aromatic N) is 3. The summed E-state index contributed by atoms with van der Waals surface area (Å²) in [5.74, 6) is 0. The Morgan fingerprint density at radius 2 is 1.72 bits per heavy atom. The normalized spacial score (nSPS) is 10.4. The highest BCUT2D eigenvalue weighted by molar-refractivity contribution is 7.13. The topological polar surface area (TPSA) is 49.6 Å². The lowest BCUT2D eigenvalue weighted by molar-refractivity contribution is 1.24. The van der Waals surface area contributed by atoms with Crippen molar-refractivity contribution >= 4 is 11.3 Å². The van der Waals surface area contributed by atoms with Crippen LogP contribution in [0.25, 0.3) is 33.1 Å². The van der Waals surface area contributed by atoms with Crippen LogP contribution in [-0.2, 0) is 0 Å². The minimum Gasteiger partial charge on any atom is -0.255 e. The fourth-order valence-electron chi connectivity index (χ4n) is 2.73. The van der Waals surface area contributed by atoms with Gasteiger partial charge in [0.2, 0.25) is 0 Å². The summed E-state index contributed by atoms with van der Waals surface area (Å²) in [5.41, 5.74) is 4.66. The van der Waals surface area contributed by atoms with Gasteiger partial charge in [-0.3, -0.25) is 4.98 Å². The summed E-state index contributed by atoms with van der Waals surface area (Å²) < 4.78 is 0. The molecule has 0 aliphatic heterocycles. The Labute approximate surface area is 149 Å². The van der Waals surface area contributed by atoms with Crippen molar-refractivity contribution in [3.63, 3.8) is 0 Å². The molecule has 0 saturated heterocycles. The highest BCUT2D eigenvalue weighted by Gasteiger charge is 2.17. The van der Waals surface area contributed by atoms with Gasteiger partial charge in [-0.15, -0.1) is 11.3 Å². The van der Waals surface area contributed by atoms with Gasteiger partial charge in [-0.25, -0.2) is 4.98 Å². The summed E-state index contributed by atoms with van der Waals surface area (Å²) in [6, 6.07) is 23.9. The van der Waals surface area contributed by atoms with Gasteiger partial charge in [0.1, 0.15) is 6.07 Å². The van der Waals surface area contributed by atoms with Gasteiger partial charge in [0.15, 0.2) is 0 Å². The Morgan fingerprint density at radius 3 is 2.40 bits per heavy atom. The summed E-state index contributed by atoms with van der Waals surface area (Å²) in [5, 5.41) is 11.8. The molecule has 0 radical (unpaired) electrons. The second kappa shape index (κ2) is 6.68. The van der Waals surface area contributed by atoms with Crippen molar-refractivity contribution in [3.05, 3.63) is 83.9 Å². The first-order chi connectivity index (χ1) is 12.4. The number of thiophene rings is 1. The lowest BCUT2D eigenvalue weighted by Gasteiger charge is -2.11. The maximum Gasteiger partial charge on any atom is 0.102 e. The molecule has 0 N–H and O–H groups in total. The van der Waals surface area contributed by atoms with E-state index in [1.807, 2.05) is 72.1 Å². The summed E-state index contributed by atoms with van der Waals surface area (Å²) >= 11 is 1.61. The Hall–Kier alpha value is -3.29. The van der Waals surface area contributed by atoms with E-state index in [0.717, 1.165) is 27.4 Å². The smallest absolute Gasteiger partial charge is 0.102 e. The highest BCUT2D eigenvalue weighted by Crippen LogP contribution is 2.35. The number of benzene rings is 1. The fraction of sp³-hybridized carbons (Fsp3) is 0. The molecule has 0 saturated carbocycles. The Bertz CT molecular complexity index is 1030. The number of hydrogen-bond donors (Lipinski definition) is 0. The average molecular weight is 339 g/mol.